The summed E-state index contributed by atoms with van der Waals surface area (Å²) in [6.45, 7) is 8.46. The van der Waals surface area contributed by atoms with Gasteiger partial charge in [-0.05, 0) is 37.9 Å². The molecule has 3 heterocycles. The zero-order chi connectivity index (χ0) is 20.7. The Morgan fingerprint density at radius 2 is 1.93 bits per heavy atom. The Hall–Kier alpha value is -2.18. The number of rotatable bonds is 4. The number of aromatic amines is 1. The lowest BCUT2D eigenvalue weighted by Gasteiger charge is -2.28. The molecule has 0 unspecified atom stereocenters. The maximum atomic E-state index is 13.0. The molecule has 0 aliphatic carbocycles. The molecule has 4 rings (SSSR count). The molecule has 0 spiro atoms. The first kappa shape index (κ1) is 22.5. The average molecular weight is 431 g/mol. The van der Waals surface area contributed by atoms with Crippen LogP contribution >= 0.6 is 12.4 Å². The maximum Gasteiger partial charge on any atom is 0.254 e. The molecule has 1 aromatic heterocycles. The largest absolute Gasteiger partial charge is 0.342 e. The van der Waals surface area contributed by atoms with E-state index in [0.29, 0.717) is 41.4 Å². The monoisotopic (exact) mass is 430 g/mol. The second-order valence-corrected chi connectivity index (χ2v) is 8.57. The van der Waals surface area contributed by atoms with Gasteiger partial charge in [0.25, 0.3) is 5.56 Å². The second kappa shape index (κ2) is 8.90. The van der Waals surface area contributed by atoms with Crippen molar-refractivity contribution in [3.63, 3.8) is 0 Å². The number of aryl methyl sites for hydroxylation is 3. The van der Waals surface area contributed by atoms with Crippen LogP contribution in [0.2, 0.25) is 0 Å². The summed E-state index contributed by atoms with van der Waals surface area (Å²) in [4.78, 5) is 37.1. The van der Waals surface area contributed by atoms with Crippen molar-refractivity contribution in [3.05, 3.63) is 62.8 Å². The van der Waals surface area contributed by atoms with Crippen LogP contribution in [0.4, 0.5) is 0 Å². The van der Waals surface area contributed by atoms with Crippen LogP contribution in [-0.2, 0) is 17.6 Å². The lowest BCUT2D eigenvalue weighted by atomic mass is 9.88. The molecule has 1 amide bonds. The number of nitrogens with zero attached hydrogens (tertiary/aromatic N) is 3. The van der Waals surface area contributed by atoms with Crippen molar-refractivity contribution in [2.75, 3.05) is 26.7 Å². The van der Waals surface area contributed by atoms with Crippen molar-refractivity contribution in [2.45, 2.75) is 39.7 Å². The number of hydrogen-bond donors (Lipinski definition) is 1. The fraction of sp³-hybridized carbons (Fsp3) is 0.522. The molecule has 0 radical (unpaired) electrons. The summed E-state index contributed by atoms with van der Waals surface area (Å²) < 4.78 is 0. The molecule has 0 saturated carbocycles. The highest BCUT2D eigenvalue weighted by atomic mass is 35.5. The number of amides is 1. The van der Waals surface area contributed by atoms with Crippen molar-refractivity contribution < 1.29 is 4.79 Å². The van der Waals surface area contributed by atoms with Crippen molar-refractivity contribution in [1.29, 1.82) is 0 Å². The Labute approximate surface area is 184 Å². The normalized spacial score (nSPS) is 23.3. The maximum absolute atomic E-state index is 13.0. The molecule has 3 atom stereocenters. The standard InChI is InChI=1S/C23H30N4O2.ClH/c1-5-20-24-15(3)18(23(29)25-20)10-21(28)27-12-16-11-26(4)22(19(16)13-27)17-9-7-6-8-14(17)2;/h6-9,16,19,22H,5,10-13H2,1-4H3,(H,24,25,29);1H/t16-,19+,22-;/m0./s1. The number of carbonyl (C=O) groups is 1. The number of H-pyrrole nitrogens is 1. The van der Waals surface area contributed by atoms with E-state index in [1.807, 2.05) is 18.7 Å². The number of nitrogens with one attached hydrogen (secondary N) is 1. The molecular weight excluding hydrogens is 400 g/mol. The van der Waals surface area contributed by atoms with Crippen LogP contribution in [0.25, 0.3) is 0 Å². The molecule has 2 saturated heterocycles. The number of aromatic nitrogens is 2. The van der Waals surface area contributed by atoms with E-state index in [2.05, 4.69) is 53.1 Å². The summed E-state index contributed by atoms with van der Waals surface area (Å²) in [7, 11) is 2.19. The number of carbonyl (C=O) groups excluding carboxylic acids is 1. The van der Waals surface area contributed by atoms with Gasteiger partial charge in [-0.25, -0.2) is 4.98 Å². The first-order chi connectivity index (χ1) is 13.9. The van der Waals surface area contributed by atoms with E-state index in [-0.39, 0.29) is 30.3 Å². The fourth-order valence-electron chi connectivity index (χ4n) is 5.16. The molecule has 6 nitrogen and oxygen atoms in total. The quantitative estimate of drug-likeness (QED) is 0.809. The minimum Gasteiger partial charge on any atom is -0.342 e. The molecule has 2 aliphatic heterocycles. The van der Waals surface area contributed by atoms with E-state index in [4.69, 9.17) is 0 Å². The molecule has 1 aromatic carbocycles. The molecule has 2 fully saturated rings. The van der Waals surface area contributed by atoms with Gasteiger partial charge in [-0.3, -0.25) is 14.5 Å². The summed E-state index contributed by atoms with van der Waals surface area (Å²) in [5.41, 5.74) is 3.65. The van der Waals surface area contributed by atoms with E-state index in [0.717, 1.165) is 19.6 Å². The van der Waals surface area contributed by atoms with E-state index in [1.165, 1.54) is 11.1 Å². The number of fused-ring (bicyclic) bond motifs is 1. The first-order valence-corrected chi connectivity index (χ1v) is 10.5. The first-order valence-electron chi connectivity index (χ1n) is 10.5. The van der Waals surface area contributed by atoms with Crippen LogP contribution in [0.5, 0.6) is 0 Å². The summed E-state index contributed by atoms with van der Waals surface area (Å²) in [5.74, 6) is 1.62. The van der Waals surface area contributed by atoms with E-state index < -0.39 is 0 Å². The van der Waals surface area contributed by atoms with Crippen LogP contribution < -0.4 is 5.56 Å². The molecule has 0 bridgehead atoms. The topological polar surface area (TPSA) is 69.3 Å². The number of benzene rings is 1. The van der Waals surface area contributed by atoms with Gasteiger partial charge in [0.1, 0.15) is 5.82 Å². The van der Waals surface area contributed by atoms with Gasteiger partial charge in [-0.15, -0.1) is 12.4 Å². The molecular formula is C23H31ClN4O2. The fourth-order valence-corrected chi connectivity index (χ4v) is 5.16. The lowest BCUT2D eigenvalue weighted by Crippen LogP contribution is -2.36. The van der Waals surface area contributed by atoms with Gasteiger partial charge in [-0.1, -0.05) is 31.2 Å². The van der Waals surface area contributed by atoms with Crippen LogP contribution in [0, 0.1) is 25.7 Å². The molecule has 2 aromatic rings. The summed E-state index contributed by atoms with van der Waals surface area (Å²) in [6.07, 6.45) is 0.802. The zero-order valence-corrected chi connectivity index (χ0v) is 19.0. The number of hydrogen-bond acceptors (Lipinski definition) is 4. The third kappa shape index (κ3) is 4.03. The van der Waals surface area contributed by atoms with Crippen molar-refractivity contribution in [1.82, 2.24) is 19.8 Å². The van der Waals surface area contributed by atoms with E-state index in [1.54, 1.807) is 0 Å². The second-order valence-electron chi connectivity index (χ2n) is 8.57. The Balaban J connectivity index is 0.00000256. The third-order valence-corrected chi connectivity index (χ3v) is 6.69. The summed E-state index contributed by atoms with van der Waals surface area (Å²) >= 11 is 0. The SMILES string of the molecule is CCc1nc(C)c(CC(=O)N2C[C@@H]3CN(C)[C@@H](c4ccccc4C)[C@@H]3C2)c(=O)[nH]1.Cl. The van der Waals surface area contributed by atoms with Gasteiger partial charge in [0.05, 0.1) is 6.42 Å². The highest BCUT2D eigenvalue weighted by Crippen LogP contribution is 2.44. The minimum atomic E-state index is -0.181. The Kier molecular flexibility index (Phi) is 6.68. The summed E-state index contributed by atoms with van der Waals surface area (Å²) in [5, 5.41) is 0. The van der Waals surface area contributed by atoms with E-state index >= 15 is 0 Å². The van der Waals surface area contributed by atoms with Crippen molar-refractivity contribution >= 4 is 18.3 Å². The molecule has 2 aliphatic rings. The van der Waals surface area contributed by atoms with Gasteiger partial charge < -0.3 is 9.88 Å². The molecule has 7 heteroatoms. The van der Waals surface area contributed by atoms with Gasteiger partial charge >= 0.3 is 0 Å². The highest BCUT2D eigenvalue weighted by Gasteiger charge is 2.47. The van der Waals surface area contributed by atoms with Gasteiger partial charge in [0.2, 0.25) is 5.91 Å². The van der Waals surface area contributed by atoms with Crippen molar-refractivity contribution in [2.24, 2.45) is 11.8 Å². The predicted molar refractivity (Wildman–Crippen MR) is 120 cm³/mol. The molecule has 30 heavy (non-hydrogen) atoms. The van der Waals surface area contributed by atoms with Crippen LogP contribution in [0.1, 0.15) is 41.2 Å². The zero-order valence-electron chi connectivity index (χ0n) is 18.1. The Morgan fingerprint density at radius 1 is 1.20 bits per heavy atom. The Morgan fingerprint density at radius 3 is 2.60 bits per heavy atom. The number of likely N-dealkylation sites (tertiary alicyclic amines) is 2. The van der Waals surface area contributed by atoms with Gasteiger partial charge in [0.15, 0.2) is 0 Å². The lowest BCUT2D eigenvalue weighted by molar-refractivity contribution is -0.129. The number of halogens is 1. The summed E-state index contributed by atoms with van der Waals surface area (Å²) in [6, 6.07) is 8.90. The third-order valence-electron chi connectivity index (χ3n) is 6.69. The van der Waals surface area contributed by atoms with Crippen LogP contribution in [0.15, 0.2) is 29.1 Å². The van der Waals surface area contributed by atoms with Gasteiger partial charge in [-0.2, -0.15) is 0 Å². The van der Waals surface area contributed by atoms with Crippen LogP contribution in [-0.4, -0.2) is 52.4 Å². The van der Waals surface area contributed by atoms with Crippen LogP contribution in [0.3, 0.4) is 0 Å². The predicted octanol–water partition coefficient (Wildman–Crippen LogP) is 2.67. The highest BCUT2D eigenvalue weighted by molar-refractivity contribution is 5.85. The van der Waals surface area contributed by atoms with E-state index in [9.17, 15) is 9.59 Å². The average Bonchev–Trinajstić information content (AvgIpc) is 3.22. The smallest absolute Gasteiger partial charge is 0.254 e. The Bertz CT molecular complexity index is 989. The molecule has 1 N–H and O–H groups in total. The van der Waals surface area contributed by atoms with Gasteiger partial charge in [0, 0.05) is 49.3 Å². The van der Waals surface area contributed by atoms with Crippen molar-refractivity contribution in [3.8, 4) is 0 Å². The minimum absolute atomic E-state index is 0. The molecule has 162 valence electrons.